The van der Waals surface area contributed by atoms with Crippen molar-refractivity contribution in [1.29, 1.82) is 0 Å². The molecule has 1 aromatic rings. The predicted octanol–water partition coefficient (Wildman–Crippen LogP) is 0.974. The van der Waals surface area contributed by atoms with Crippen molar-refractivity contribution in [2.75, 3.05) is 0 Å². The number of aliphatic carboxylic acids is 1. The average Bonchev–Trinajstić information content (AvgIpc) is 2.97. The van der Waals surface area contributed by atoms with Crippen LogP contribution in [0.3, 0.4) is 0 Å². The van der Waals surface area contributed by atoms with E-state index in [1.807, 2.05) is 6.07 Å². The van der Waals surface area contributed by atoms with Gasteiger partial charge in [-0.25, -0.2) is 0 Å². The number of hydrogen-bond donors (Lipinski definition) is 2. The first-order valence-corrected chi connectivity index (χ1v) is 4.72. The molecule has 0 saturated heterocycles. The first kappa shape index (κ1) is 9.71. The zero-order valence-corrected chi connectivity index (χ0v) is 8.01. The SMILES string of the molecule is NC(=O)c1cccc([C@H]2C[C@@H]2C(=O)O)c1. The van der Waals surface area contributed by atoms with Gasteiger partial charge in [-0.1, -0.05) is 12.1 Å². The zero-order chi connectivity index (χ0) is 11.0. The van der Waals surface area contributed by atoms with E-state index >= 15 is 0 Å². The summed E-state index contributed by atoms with van der Waals surface area (Å²) >= 11 is 0. The highest BCUT2D eigenvalue weighted by Crippen LogP contribution is 2.47. The maximum atomic E-state index is 10.9. The standard InChI is InChI=1S/C11H11NO3/c12-10(13)7-3-1-2-6(4-7)8-5-9(8)11(14)15/h1-4,8-9H,5H2,(H2,12,13)(H,14,15)/t8-,9+/m1/s1. The van der Waals surface area contributed by atoms with E-state index in [-0.39, 0.29) is 11.8 Å². The molecule has 15 heavy (non-hydrogen) atoms. The van der Waals surface area contributed by atoms with Crippen molar-refractivity contribution in [3.8, 4) is 0 Å². The summed E-state index contributed by atoms with van der Waals surface area (Å²) in [5.41, 5.74) is 6.46. The van der Waals surface area contributed by atoms with Gasteiger partial charge in [-0.05, 0) is 30.0 Å². The fourth-order valence-corrected chi connectivity index (χ4v) is 1.76. The van der Waals surface area contributed by atoms with Gasteiger partial charge in [0.15, 0.2) is 0 Å². The first-order valence-electron chi connectivity index (χ1n) is 4.72. The van der Waals surface area contributed by atoms with Crippen LogP contribution in [-0.4, -0.2) is 17.0 Å². The Hall–Kier alpha value is -1.84. The minimum Gasteiger partial charge on any atom is -0.481 e. The van der Waals surface area contributed by atoms with Gasteiger partial charge < -0.3 is 10.8 Å². The minimum absolute atomic E-state index is 0.0433. The number of carboxylic acid groups (broad SMARTS) is 1. The number of benzene rings is 1. The molecule has 0 aliphatic heterocycles. The molecule has 0 bridgehead atoms. The Kier molecular flexibility index (Phi) is 2.19. The molecule has 1 aromatic carbocycles. The third kappa shape index (κ3) is 1.83. The summed E-state index contributed by atoms with van der Waals surface area (Å²) in [7, 11) is 0. The molecule has 1 fully saturated rings. The number of primary amides is 1. The lowest BCUT2D eigenvalue weighted by Gasteiger charge is -2.00. The number of carbonyl (C=O) groups is 2. The summed E-state index contributed by atoms with van der Waals surface area (Å²) in [6.45, 7) is 0. The summed E-state index contributed by atoms with van der Waals surface area (Å²) in [6.07, 6.45) is 0.650. The molecule has 0 spiro atoms. The van der Waals surface area contributed by atoms with E-state index in [0.29, 0.717) is 12.0 Å². The van der Waals surface area contributed by atoms with Crippen molar-refractivity contribution in [3.05, 3.63) is 35.4 Å². The molecule has 1 amide bonds. The maximum absolute atomic E-state index is 10.9. The van der Waals surface area contributed by atoms with Gasteiger partial charge in [0.25, 0.3) is 0 Å². The second kappa shape index (κ2) is 3.38. The van der Waals surface area contributed by atoms with Gasteiger partial charge in [-0.15, -0.1) is 0 Å². The van der Waals surface area contributed by atoms with Gasteiger partial charge in [-0.2, -0.15) is 0 Å². The van der Waals surface area contributed by atoms with Gasteiger partial charge in [0.2, 0.25) is 5.91 Å². The Labute approximate surface area is 86.7 Å². The molecule has 1 aliphatic rings. The van der Waals surface area contributed by atoms with Gasteiger partial charge in [0.1, 0.15) is 0 Å². The van der Waals surface area contributed by atoms with Crippen LogP contribution in [0.25, 0.3) is 0 Å². The molecule has 1 aliphatic carbocycles. The van der Waals surface area contributed by atoms with Gasteiger partial charge >= 0.3 is 5.97 Å². The minimum atomic E-state index is -0.774. The molecule has 0 radical (unpaired) electrons. The molecule has 1 saturated carbocycles. The summed E-state index contributed by atoms with van der Waals surface area (Å²) in [5, 5.41) is 8.77. The van der Waals surface area contributed by atoms with Crippen LogP contribution in [0.5, 0.6) is 0 Å². The van der Waals surface area contributed by atoms with E-state index in [9.17, 15) is 9.59 Å². The average molecular weight is 205 g/mol. The summed E-state index contributed by atoms with van der Waals surface area (Å²) in [6, 6.07) is 6.87. The number of rotatable bonds is 3. The van der Waals surface area contributed by atoms with Crippen molar-refractivity contribution < 1.29 is 14.7 Å². The molecule has 4 nitrogen and oxygen atoms in total. The van der Waals surface area contributed by atoms with Crippen molar-refractivity contribution >= 4 is 11.9 Å². The molecule has 2 atom stereocenters. The number of carbonyl (C=O) groups excluding carboxylic acids is 1. The maximum Gasteiger partial charge on any atom is 0.307 e. The van der Waals surface area contributed by atoms with E-state index in [0.717, 1.165) is 5.56 Å². The number of nitrogens with two attached hydrogens (primary N) is 1. The highest BCUT2D eigenvalue weighted by molar-refractivity contribution is 5.93. The van der Waals surface area contributed by atoms with Gasteiger partial charge in [-0.3, -0.25) is 9.59 Å². The van der Waals surface area contributed by atoms with Crippen molar-refractivity contribution in [2.45, 2.75) is 12.3 Å². The summed E-state index contributed by atoms with van der Waals surface area (Å²) in [5.74, 6) is -1.51. The first-order chi connectivity index (χ1) is 7.09. The topological polar surface area (TPSA) is 80.4 Å². The lowest BCUT2D eigenvalue weighted by Crippen LogP contribution is -2.11. The van der Waals surface area contributed by atoms with E-state index < -0.39 is 11.9 Å². The van der Waals surface area contributed by atoms with E-state index in [4.69, 9.17) is 10.8 Å². The second-order valence-electron chi connectivity index (χ2n) is 3.78. The lowest BCUT2D eigenvalue weighted by atomic mass is 10.1. The molecule has 2 rings (SSSR count). The third-order valence-corrected chi connectivity index (χ3v) is 2.71. The molecule has 0 heterocycles. The van der Waals surface area contributed by atoms with Crippen LogP contribution in [0.4, 0.5) is 0 Å². The lowest BCUT2D eigenvalue weighted by molar-refractivity contribution is -0.138. The quantitative estimate of drug-likeness (QED) is 0.771. The van der Waals surface area contributed by atoms with Crippen LogP contribution in [0.1, 0.15) is 28.3 Å². The van der Waals surface area contributed by atoms with E-state index in [2.05, 4.69) is 0 Å². The van der Waals surface area contributed by atoms with Gasteiger partial charge in [0.05, 0.1) is 5.92 Å². The third-order valence-electron chi connectivity index (χ3n) is 2.71. The Morgan fingerprint density at radius 1 is 1.40 bits per heavy atom. The molecule has 0 unspecified atom stereocenters. The molecular weight excluding hydrogens is 194 g/mol. The smallest absolute Gasteiger partial charge is 0.307 e. The molecular formula is C11H11NO3. The largest absolute Gasteiger partial charge is 0.481 e. The van der Waals surface area contributed by atoms with Crippen molar-refractivity contribution in [3.63, 3.8) is 0 Å². The summed E-state index contributed by atoms with van der Waals surface area (Å²) < 4.78 is 0. The van der Waals surface area contributed by atoms with Crippen LogP contribution in [0.15, 0.2) is 24.3 Å². The normalized spacial score (nSPS) is 23.5. The van der Waals surface area contributed by atoms with E-state index in [1.165, 1.54) is 0 Å². The number of amides is 1. The Morgan fingerprint density at radius 3 is 2.67 bits per heavy atom. The predicted molar refractivity (Wildman–Crippen MR) is 53.4 cm³/mol. The highest BCUT2D eigenvalue weighted by Gasteiger charge is 2.44. The second-order valence-corrected chi connectivity index (χ2v) is 3.78. The van der Waals surface area contributed by atoms with Gasteiger partial charge in [0, 0.05) is 5.56 Å². The summed E-state index contributed by atoms with van der Waals surface area (Å²) in [4.78, 5) is 21.6. The Morgan fingerprint density at radius 2 is 2.13 bits per heavy atom. The van der Waals surface area contributed by atoms with Crippen LogP contribution in [0, 0.1) is 5.92 Å². The monoisotopic (exact) mass is 205 g/mol. The number of carboxylic acids is 1. The van der Waals surface area contributed by atoms with Crippen molar-refractivity contribution in [2.24, 2.45) is 11.7 Å². The van der Waals surface area contributed by atoms with Crippen LogP contribution >= 0.6 is 0 Å². The van der Waals surface area contributed by atoms with E-state index in [1.54, 1.807) is 18.2 Å². The molecule has 0 aromatic heterocycles. The highest BCUT2D eigenvalue weighted by atomic mass is 16.4. The molecule has 4 heteroatoms. The van der Waals surface area contributed by atoms with Crippen LogP contribution in [-0.2, 0) is 4.79 Å². The molecule has 3 N–H and O–H groups in total. The van der Waals surface area contributed by atoms with Crippen molar-refractivity contribution in [1.82, 2.24) is 0 Å². The number of hydrogen-bond acceptors (Lipinski definition) is 2. The Bertz CT molecular complexity index is 428. The zero-order valence-electron chi connectivity index (χ0n) is 8.01. The fraction of sp³-hybridized carbons (Fsp3) is 0.273. The fourth-order valence-electron chi connectivity index (χ4n) is 1.76. The molecule has 78 valence electrons. The van der Waals surface area contributed by atoms with Crippen LogP contribution in [0.2, 0.25) is 0 Å². The van der Waals surface area contributed by atoms with Crippen LogP contribution < -0.4 is 5.73 Å². The Balaban J connectivity index is 2.20.